The number of aromatic nitrogens is 1. The molecule has 1 amide bonds. The molecule has 0 saturated heterocycles. The summed E-state index contributed by atoms with van der Waals surface area (Å²) in [4.78, 5) is 18.0. The Bertz CT molecular complexity index is 407. The molecule has 0 aliphatic carbocycles. The van der Waals surface area contributed by atoms with Crippen molar-refractivity contribution < 1.29 is 9.90 Å². The summed E-state index contributed by atoms with van der Waals surface area (Å²) in [6.45, 7) is 5.13. The summed E-state index contributed by atoms with van der Waals surface area (Å²) >= 11 is 0. The average molecular weight is 265 g/mol. The van der Waals surface area contributed by atoms with Gasteiger partial charge in [0, 0.05) is 26.3 Å². The lowest BCUT2D eigenvalue weighted by molar-refractivity contribution is 0.0770. The van der Waals surface area contributed by atoms with Crippen molar-refractivity contribution in [3.05, 3.63) is 24.0 Å². The van der Waals surface area contributed by atoms with Crippen LogP contribution in [0.4, 0.5) is 5.69 Å². The van der Waals surface area contributed by atoms with Crippen LogP contribution in [0.3, 0.4) is 0 Å². The van der Waals surface area contributed by atoms with Crippen molar-refractivity contribution in [2.45, 2.75) is 32.8 Å². The second-order valence-electron chi connectivity index (χ2n) is 4.71. The fourth-order valence-electron chi connectivity index (χ4n) is 1.67. The molecule has 5 nitrogen and oxygen atoms in total. The van der Waals surface area contributed by atoms with E-state index in [-0.39, 0.29) is 5.91 Å². The van der Waals surface area contributed by atoms with Crippen LogP contribution in [0.15, 0.2) is 18.5 Å². The van der Waals surface area contributed by atoms with Gasteiger partial charge in [-0.1, -0.05) is 6.92 Å². The number of anilines is 1. The van der Waals surface area contributed by atoms with Gasteiger partial charge in [-0.25, -0.2) is 0 Å². The third-order valence-corrected chi connectivity index (χ3v) is 2.85. The number of nitrogens with zero attached hydrogens (tertiary/aromatic N) is 2. The predicted molar refractivity (Wildman–Crippen MR) is 76.3 cm³/mol. The quantitative estimate of drug-likeness (QED) is 0.788. The summed E-state index contributed by atoms with van der Waals surface area (Å²) in [7, 11) is 1.74. The topological polar surface area (TPSA) is 65.5 Å². The summed E-state index contributed by atoms with van der Waals surface area (Å²) in [6.07, 6.45) is 4.45. The van der Waals surface area contributed by atoms with Crippen LogP contribution in [0.1, 0.15) is 37.0 Å². The first-order valence-corrected chi connectivity index (χ1v) is 6.67. The Hall–Kier alpha value is -1.62. The van der Waals surface area contributed by atoms with Gasteiger partial charge < -0.3 is 15.3 Å². The minimum absolute atomic E-state index is 0.0540. The molecule has 1 heterocycles. The molecule has 0 fully saturated rings. The van der Waals surface area contributed by atoms with Crippen LogP contribution in [-0.4, -0.2) is 47.1 Å². The van der Waals surface area contributed by atoms with E-state index >= 15 is 0 Å². The Morgan fingerprint density at radius 2 is 2.32 bits per heavy atom. The van der Waals surface area contributed by atoms with Gasteiger partial charge >= 0.3 is 0 Å². The smallest absolute Gasteiger partial charge is 0.255 e. The van der Waals surface area contributed by atoms with Crippen molar-refractivity contribution in [2.24, 2.45) is 0 Å². The van der Waals surface area contributed by atoms with Crippen molar-refractivity contribution in [1.82, 2.24) is 9.88 Å². The molecule has 1 unspecified atom stereocenters. The summed E-state index contributed by atoms with van der Waals surface area (Å²) < 4.78 is 0. The molecule has 106 valence electrons. The number of rotatable bonds is 7. The summed E-state index contributed by atoms with van der Waals surface area (Å²) in [5.41, 5.74) is 1.38. The normalized spacial score (nSPS) is 12.0. The zero-order valence-corrected chi connectivity index (χ0v) is 11.9. The molecular weight excluding hydrogens is 242 g/mol. The molecule has 0 bridgehead atoms. The van der Waals surface area contributed by atoms with E-state index in [4.69, 9.17) is 0 Å². The van der Waals surface area contributed by atoms with Crippen molar-refractivity contribution in [3.8, 4) is 0 Å². The standard InChI is InChI=1S/C14H23N3O2/c1-4-7-16-13-10-15-8-5-12(13)14(19)17(3)9-6-11(2)18/h5,8,10-11,16,18H,4,6-7,9H2,1-3H3. The minimum Gasteiger partial charge on any atom is -0.393 e. The number of hydrogen-bond acceptors (Lipinski definition) is 4. The number of amides is 1. The number of hydrogen-bond donors (Lipinski definition) is 2. The molecule has 0 aliphatic heterocycles. The number of pyridine rings is 1. The molecule has 1 rings (SSSR count). The van der Waals surface area contributed by atoms with Gasteiger partial charge in [0.05, 0.1) is 23.6 Å². The second kappa shape index (κ2) is 7.74. The van der Waals surface area contributed by atoms with Crippen molar-refractivity contribution in [1.29, 1.82) is 0 Å². The van der Waals surface area contributed by atoms with Crippen molar-refractivity contribution in [3.63, 3.8) is 0 Å². The van der Waals surface area contributed by atoms with Gasteiger partial charge in [-0.2, -0.15) is 0 Å². The highest BCUT2D eigenvalue weighted by atomic mass is 16.3. The fourth-order valence-corrected chi connectivity index (χ4v) is 1.67. The number of carbonyl (C=O) groups is 1. The largest absolute Gasteiger partial charge is 0.393 e. The molecular formula is C14H23N3O2. The Kier molecular flexibility index (Phi) is 6.29. The van der Waals surface area contributed by atoms with E-state index in [0.29, 0.717) is 18.5 Å². The lowest BCUT2D eigenvalue weighted by atomic mass is 10.2. The first-order valence-electron chi connectivity index (χ1n) is 6.67. The first-order chi connectivity index (χ1) is 9.06. The van der Waals surface area contributed by atoms with Crippen LogP contribution in [0, 0.1) is 0 Å². The first kappa shape index (κ1) is 15.4. The van der Waals surface area contributed by atoms with Crippen molar-refractivity contribution >= 4 is 11.6 Å². The van der Waals surface area contributed by atoms with Crippen LogP contribution in [0.5, 0.6) is 0 Å². The molecule has 5 heteroatoms. The van der Waals surface area contributed by atoms with Gasteiger partial charge in [0.25, 0.3) is 5.91 Å². The van der Waals surface area contributed by atoms with E-state index in [1.807, 2.05) is 0 Å². The number of aliphatic hydroxyl groups excluding tert-OH is 1. The predicted octanol–water partition coefficient (Wildman–Crippen LogP) is 1.75. The third kappa shape index (κ3) is 4.87. The van der Waals surface area contributed by atoms with E-state index in [0.717, 1.165) is 18.7 Å². The molecule has 2 N–H and O–H groups in total. The SMILES string of the molecule is CCCNc1cnccc1C(=O)N(C)CCC(C)O. The van der Waals surface area contributed by atoms with Crippen LogP contribution in [-0.2, 0) is 0 Å². The molecule has 1 aromatic heterocycles. The lowest BCUT2D eigenvalue weighted by Crippen LogP contribution is -2.30. The summed E-state index contributed by atoms with van der Waals surface area (Å²) in [5.74, 6) is -0.0540. The summed E-state index contributed by atoms with van der Waals surface area (Å²) in [5, 5.41) is 12.5. The molecule has 1 aromatic rings. The van der Waals surface area contributed by atoms with Crippen LogP contribution in [0.2, 0.25) is 0 Å². The van der Waals surface area contributed by atoms with E-state index in [1.54, 1.807) is 37.3 Å². The maximum atomic E-state index is 12.3. The molecule has 1 atom stereocenters. The van der Waals surface area contributed by atoms with Crippen LogP contribution >= 0.6 is 0 Å². The van der Waals surface area contributed by atoms with Crippen LogP contribution < -0.4 is 5.32 Å². The van der Waals surface area contributed by atoms with Crippen molar-refractivity contribution in [2.75, 3.05) is 25.5 Å². The second-order valence-corrected chi connectivity index (χ2v) is 4.71. The Morgan fingerprint density at radius 1 is 1.58 bits per heavy atom. The van der Waals surface area contributed by atoms with Gasteiger partial charge in [0.1, 0.15) is 0 Å². The van der Waals surface area contributed by atoms with E-state index < -0.39 is 6.10 Å². The highest BCUT2D eigenvalue weighted by molar-refractivity contribution is 5.99. The Balaban J connectivity index is 2.74. The Morgan fingerprint density at radius 3 is 2.95 bits per heavy atom. The molecule has 0 radical (unpaired) electrons. The van der Waals surface area contributed by atoms with E-state index in [9.17, 15) is 9.90 Å². The number of aliphatic hydroxyl groups is 1. The number of carbonyl (C=O) groups excluding carboxylic acids is 1. The lowest BCUT2D eigenvalue weighted by Gasteiger charge is -2.19. The van der Waals surface area contributed by atoms with Crippen LogP contribution in [0.25, 0.3) is 0 Å². The Labute approximate surface area is 114 Å². The third-order valence-electron chi connectivity index (χ3n) is 2.85. The average Bonchev–Trinajstić information content (AvgIpc) is 2.42. The fraction of sp³-hybridized carbons (Fsp3) is 0.571. The maximum absolute atomic E-state index is 12.3. The monoisotopic (exact) mass is 265 g/mol. The highest BCUT2D eigenvalue weighted by Gasteiger charge is 2.15. The van der Waals surface area contributed by atoms with E-state index in [2.05, 4.69) is 17.2 Å². The number of nitrogens with one attached hydrogen (secondary N) is 1. The summed E-state index contributed by atoms with van der Waals surface area (Å²) in [6, 6.07) is 1.72. The molecule has 0 spiro atoms. The molecule has 0 aromatic carbocycles. The minimum atomic E-state index is -0.398. The van der Waals surface area contributed by atoms with Gasteiger partial charge in [0.15, 0.2) is 0 Å². The van der Waals surface area contributed by atoms with Gasteiger partial charge in [0.2, 0.25) is 0 Å². The zero-order chi connectivity index (χ0) is 14.3. The van der Waals surface area contributed by atoms with Gasteiger partial charge in [-0.15, -0.1) is 0 Å². The molecule has 0 aliphatic rings. The molecule has 19 heavy (non-hydrogen) atoms. The van der Waals surface area contributed by atoms with E-state index in [1.165, 1.54) is 0 Å². The highest BCUT2D eigenvalue weighted by Crippen LogP contribution is 2.15. The van der Waals surface area contributed by atoms with Gasteiger partial charge in [-0.3, -0.25) is 9.78 Å². The maximum Gasteiger partial charge on any atom is 0.255 e. The van der Waals surface area contributed by atoms with Gasteiger partial charge in [-0.05, 0) is 25.8 Å². The zero-order valence-electron chi connectivity index (χ0n) is 11.9. The molecule has 0 saturated carbocycles.